The Morgan fingerprint density at radius 2 is 2.00 bits per heavy atom. The van der Waals surface area contributed by atoms with Crippen LogP contribution in [-0.4, -0.2) is 54.4 Å². The van der Waals surface area contributed by atoms with Crippen LogP contribution < -0.4 is 10.6 Å². The van der Waals surface area contributed by atoms with Gasteiger partial charge in [-0.2, -0.15) is 0 Å². The van der Waals surface area contributed by atoms with Crippen LogP contribution in [0.3, 0.4) is 0 Å². The molecule has 6 nitrogen and oxygen atoms in total. The molecule has 3 rings (SSSR count). The van der Waals surface area contributed by atoms with Crippen LogP contribution in [-0.2, 0) is 4.79 Å². The van der Waals surface area contributed by atoms with Crippen molar-refractivity contribution in [3.63, 3.8) is 0 Å². The number of hydrogen-bond acceptors (Lipinski definition) is 4. The Morgan fingerprint density at radius 1 is 1.23 bits per heavy atom. The summed E-state index contributed by atoms with van der Waals surface area (Å²) in [6.07, 6.45) is 7.22. The van der Waals surface area contributed by atoms with Crippen LogP contribution in [0.1, 0.15) is 36.0 Å². The Kier molecular flexibility index (Phi) is 9.91. The third kappa shape index (κ3) is 6.11. The molecule has 146 valence electrons. The standard InChI is InChI=1S/C18H26N4O2.2ClH/c23-17(21-10-4-14-3-7-20-12-14)16-2-1-11-22(13-16)18(24)15-5-8-19-9-6-15;;/h5-6,8-9,14,16,20H,1-4,7,10-13H2,(H,21,23);2*1H. The largest absolute Gasteiger partial charge is 0.356 e. The van der Waals surface area contributed by atoms with Crippen molar-refractivity contribution in [2.24, 2.45) is 11.8 Å². The summed E-state index contributed by atoms with van der Waals surface area (Å²) < 4.78 is 0. The number of piperidine rings is 1. The van der Waals surface area contributed by atoms with Crippen LogP contribution in [0.4, 0.5) is 0 Å². The molecule has 2 fully saturated rings. The monoisotopic (exact) mass is 402 g/mol. The quantitative estimate of drug-likeness (QED) is 0.788. The van der Waals surface area contributed by atoms with Gasteiger partial charge in [-0.25, -0.2) is 0 Å². The summed E-state index contributed by atoms with van der Waals surface area (Å²) in [6, 6.07) is 3.45. The number of nitrogens with zero attached hydrogens (tertiary/aromatic N) is 2. The van der Waals surface area contributed by atoms with Gasteiger partial charge < -0.3 is 15.5 Å². The summed E-state index contributed by atoms with van der Waals surface area (Å²) in [7, 11) is 0. The number of rotatable bonds is 5. The van der Waals surface area contributed by atoms with Crippen LogP contribution in [0, 0.1) is 11.8 Å². The minimum atomic E-state index is -0.0914. The molecule has 0 radical (unpaired) electrons. The zero-order valence-corrected chi connectivity index (χ0v) is 16.5. The van der Waals surface area contributed by atoms with E-state index in [0.717, 1.165) is 45.4 Å². The molecule has 2 saturated heterocycles. The van der Waals surface area contributed by atoms with Crippen molar-refractivity contribution in [3.8, 4) is 0 Å². The second-order valence-corrected chi connectivity index (χ2v) is 6.76. The molecule has 0 aliphatic carbocycles. The highest BCUT2D eigenvalue weighted by atomic mass is 35.5. The molecule has 2 aliphatic heterocycles. The third-order valence-corrected chi connectivity index (χ3v) is 5.02. The first-order chi connectivity index (χ1) is 11.7. The van der Waals surface area contributed by atoms with Gasteiger partial charge in [0.05, 0.1) is 5.92 Å². The lowest BCUT2D eigenvalue weighted by Gasteiger charge is -2.32. The van der Waals surface area contributed by atoms with Gasteiger partial charge in [-0.3, -0.25) is 14.6 Å². The van der Waals surface area contributed by atoms with Gasteiger partial charge in [0.1, 0.15) is 0 Å². The number of halogens is 2. The van der Waals surface area contributed by atoms with Crippen LogP contribution in [0.15, 0.2) is 24.5 Å². The lowest BCUT2D eigenvalue weighted by molar-refractivity contribution is -0.126. The maximum atomic E-state index is 12.5. The summed E-state index contributed by atoms with van der Waals surface area (Å²) in [6.45, 7) is 4.12. The molecule has 3 heterocycles. The van der Waals surface area contributed by atoms with Crippen LogP contribution in [0.25, 0.3) is 0 Å². The molecule has 26 heavy (non-hydrogen) atoms. The van der Waals surface area contributed by atoms with Gasteiger partial charge >= 0.3 is 0 Å². The first kappa shape index (κ1) is 22.7. The maximum absolute atomic E-state index is 12.5. The molecule has 1 aromatic heterocycles. The fourth-order valence-electron chi connectivity index (χ4n) is 3.56. The Morgan fingerprint density at radius 3 is 2.69 bits per heavy atom. The van der Waals surface area contributed by atoms with Gasteiger partial charge in [-0.15, -0.1) is 24.8 Å². The number of amides is 2. The minimum Gasteiger partial charge on any atom is -0.356 e. The van der Waals surface area contributed by atoms with Crippen LogP contribution in [0.2, 0.25) is 0 Å². The second kappa shape index (κ2) is 11.4. The number of likely N-dealkylation sites (tertiary alicyclic amines) is 1. The van der Waals surface area contributed by atoms with Crippen molar-refractivity contribution < 1.29 is 9.59 Å². The third-order valence-electron chi connectivity index (χ3n) is 5.02. The first-order valence-corrected chi connectivity index (χ1v) is 8.92. The summed E-state index contributed by atoms with van der Waals surface area (Å²) in [5.41, 5.74) is 0.639. The van der Waals surface area contributed by atoms with Crippen molar-refractivity contribution in [3.05, 3.63) is 30.1 Å². The average molecular weight is 403 g/mol. The fourth-order valence-corrected chi connectivity index (χ4v) is 3.56. The van der Waals surface area contributed by atoms with E-state index >= 15 is 0 Å². The Labute approximate surface area is 167 Å². The van der Waals surface area contributed by atoms with Crippen molar-refractivity contribution in [2.45, 2.75) is 25.7 Å². The molecule has 2 unspecified atom stereocenters. The van der Waals surface area contributed by atoms with Crippen molar-refractivity contribution in [1.29, 1.82) is 0 Å². The number of aromatic nitrogens is 1. The highest BCUT2D eigenvalue weighted by Crippen LogP contribution is 2.19. The fraction of sp³-hybridized carbons (Fsp3) is 0.611. The maximum Gasteiger partial charge on any atom is 0.253 e. The molecule has 8 heteroatoms. The van der Waals surface area contributed by atoms with Crippen LogP contribution >= 0.6 is 24.8 Å². The van der Waals surface area contributed by atoms with E-state index in [1.54, 1.807) is 29.4 Å². The van der Waals surface area contributed by atoms with Crippen molar-refractivity contribution >= 4 is 36.6 Å². The molecular formula is C18H28Cl2N4O2. The summed E-state index contributed by atoms with van der Waals surface area (Å²) >= 11 is 0. The normalized spacial score (nSPS) is 22.1. The summed E-state index contributed by atoms with van der Waals surface area (Å²) in [5.74, 6) is 0.674. The van der Waals surface area contributed by atoms with E-state index < -0.39 is 0 Å². The van der Waals surface area contributed by atoms with E-state index in [1.165, 1.54) is 6.42 Å². The van der Waals surface area contributed by atoms with Crippen molar-refractivity contribution in [2.75, 3.05) is 32.7 Å². The minimum absolute atomic E-state index is 0. The summed E-state index contributed by atoms with van der Waals surface area (Å²) in [5, 5.41) is 6.41. The van der Waals surface area contributed by atoms with Gasteiger partial charge in [-0.1, -0.05) is 0 Å². The number of pyridine rings is 1. The number of hydrogen-bond donors (Lipinski definition) is 2. The van der Waals surface area contributed by atoms with E-state index in [4.69, 9.17) is 0 Å². The SMILES string of the molecule is Cl.Cl.O=C(NCCC1CCNC1)C1CCCN(C(=O)c2ccncc2)C1. The predicted molar refractivity (Wildman–Crippen MR) is 106 cm³/mol. The number of nitrogens with one attached hydrogen (secondary N) is 2. The Bertz CT molecular complexity index is 568. The highest BCUT2D eigenvalue weighted by Gasteiger charge is 2.28. The van der Waals surface area contributed by atoms with E-state index in [9.17, 15) is 9.59 Å². The number of carbonyl (C=O) groups excluding carboxylic acids is 2. The lowest BCUT2D eigenvalue weighted by Crippen LogP contribution is -2.45. The highest BCUT2D eigenvalue weighted by molar-refractivity contribution is 5.94. The molecule has 0 spiro atoms. The Balaban J connectivity index is 0.00000169. The molecule has 2 amide bonds. The van der Waals surface area contributed by atoms with Crippen molar-refractivity contribution in [1.82, 2.24) is 20.5 Å². The zero-order valence-electron chi connectivity index (χ0n) is 14.9. The van der Waals surface area contributed by atoms with Crippen LogP contribution in [0.5, 0.6) is 0 Å². The molecule has 2 N–H and O–H groups in total. The molecular weight excluding hydrogens is 375 g/mol. The zero-order chi connectivity index (χ0) is 16.8. The smallest absolute Gasteiger partial charge is 0.253 e. The Hall–Kier alpha value is -1.37. The number of carbonyl (C=O) groups is 2. The molecule has 0 bridgehead atoms. The van der Waals surface area contributed by atoms with Gasteiger partial charge in [0, 0.05) is 37.6 Å². The van der Waals surface area contributed by atoms with E-state index in [2.05, 4.69) is 15.6 Å². The van der Waals surface area contributed by atoms with Gasteiger partial charge in [0.25, 0.3) is 5.91 Å². The van der Waals surface area contributed by atoms with E-state index in [-0.39, 0.29) is 42.5 Å². The molecule has 1 aromatic rings. The molecule has 0 aromatic carbocycles. The van der Waals surface area contributed by atoms with Gasteiger partial charge in [0.15, 0.2) is 0 Å². The first-order valence-electron chi connectivity index (χ1n) is 8.92. The molecule has 0 saturated carbocycles. The van der Waals surface area contributed by atoms with Gasteiger partial charge in [0.2, 0.25) is 5.91 Å². The topological polar surface area (TPSA) is 74.3 Å². The predicted octanol–water partition coefficient (Wildman–Crippen LogP) is 1.89. The average Bonchev–Trinajstić information content (AvgIpc) is 3.15. The molecule has 2 aliphatic rings. The molecule has 2 atom stereocenters. The summed E-state index contributed by atoms with van der Waals surface area (Å²) in [4.78, 5) is 30.7. The van der Waals surface area contributed by atoms with E-state index in [1.807, 2.05) is 0 Å². The van der Waals surface area contributed by atoms with Gasteiger partial charge in [-0.05, 0) is 56.8 Å². The van der Waals surface area contributed by atoms with E-state index in [0.29, 0.717) is 18.0 Å². The second-order valence-electron chi connectivity index (χ2n) is 6.76. The lowest BCUT2D eigenvalue weighted by atomic mass is 9.96.